The third-order valence-electron chi connectivity index (χ3n) is 3.83. The van der Waals surface area contributed by atoms with Crippen LogP contribution in [-0.4, -0.2) is 53.0 Å². The normalized spacial score (nSPS) is 15.6. The van der Waals surface area contributed by atoms with Crippen LogP contribution in [0.15, 0.2) is 0 Å². The molecule has 0 aliphatic rings. The van der Waals surface area contributed by atoms with E-state index in [1.807, 2.05) is 27.7 Å². The molecule has 0 spiro atoms. The van der Waals surface area contributed by atoms with Gasteiger partial charge in [0.15, 0.2) is 0 Å². The van der Waals surface area contributed by atoms with Crippen LogP contribution < -0.4 is 21.7 Å². The van der Waals surface area contributed by atoms with Gasteiger partial charge in [0, 0.05) is 0 Å². The van der Waals surface area contributed by atoms with E-state index >= 15 is 0 Å². The number of carboxylic acid groups (broad SMARTS) is 1. The topological polar surface area (TPSA) is 151 Å². The van der Waals surface area contributed by atoms with Gasteiger partial charge in [-0.2, -0.15) is 0 Å². The summed E-state index contributed by atoms with van der Waals surface area (Å²) in [6.45, 7) is 10.5. The van der Waals surface area contributed by atoms with Gasteiger partial charge in [-0.1, -0.05) is 27.7 Å². The standard InChI is InChI=1S/C18H34N4O5/c1-9(2)7-13(21-15(23)11(5)19)17(25)20-12(6)16(24)22-14(18(26)27)8-10(3)4/h9-14H,7-8,19H2,1-6H3,(H,20,25)(H,21,23)(H,22,24)(H,26,27)/t11-,12-,13+,14+/m0/s1. The Morgan fingerprint density at radius 1 is 0.741 bits per heavy atom. The minimum Gasteiger partial charge on any atom is -0.480 e. The van der Waals surface area contributed by atoms with Crippen LogP contribution in [0.3, 0.4) is 0 Å². The van der Waals surface area contributed by atoms with Crippen LogP contribution in [0.25, 0.3) is 0 Å². The van der Waals surface area contributed by atoms with E-state index in [2.05, 4.69) is 16.0 Å². The lowest BCUT2D eigenvalue weighted by molar-refractivity contribution is -0.142. The molecule has 3 amide bonds. The van der Waals surface area contributed by atoms with E-state index in [0.717, 1.165) is 0 Å². The lowest BCUT2D eigenvalue weighted by Gasteiger charge is -2.24. The Labute approximate surface area is 160 Å². The van der Waals surface area contributed by atoms with Crippen LogP contribution in [-0.2, 0) is 19.2 Å². The van der Waals surface area contributed by atoms with Crippen LogP contribution in [0.5, 0.6) is 0 Å². The Bertz CT molecular complexity index is 534. The molecule has 0 radical (unpaired) electrons. The van der Waals surface area contributed by atoms with E-state index in [1.165, 1.54) is 13.8 Å². The predicted octanol–water partition coefficient (Wildman–Crippen LogP) is -0.0153. The molecule has 0 unspecified atom stereocenters. The van der Waals surface area contributed by atoms with Gasteiger partial charge in [-0.3, -0.25) is 14.4 Å². The second kappa shape index (κ2) is 11.5. The highest BCUT2D eigenvalue weighted by molar-refractivity contribution is 5.93. The van der Waals surface area contributed by atoms with Gasteiger partial charge in [0.1, 0.15) is 18.1 Å². The van der Waals surface area contributed by atoms with E-state index in [4.69, 9.17) is 5.73 Å². The zero-order valence-electron chi connectivity index (χ0n) is 17.0. The van der Waals surface area contributed by atoms with Crippen molar-refractivity contribution in [1.82, 2.24) is 16.0 Å². The van der Waals surface area contributed by atoms with Crippen LogP contribution in [0.4, 0.5) is 0 Å². The number of nitrogens with one attached hydrogen (secondary N) is 3. The number of hydrogen-bond donors (Lipinski definition) is 5. The maximum absolute atomic E-state index is 12.5. The quantitative estimate of drug-likeness (QED) is 0.337. The Morgan fingerprint density at radius 3 is 1.59 bits per heavy atom. The molecule has 4 atom stereocenters. The van der Waals surface area contributed by atoms with Crippen molar-refractivity contribution in [3.8, 4) is 0 Å². The third kappa shape index (κ3) is 9.93. The Kier molecular flexibility index (Phi) is 10.6. The highest BCUT2D eigenvalue weighted by atomic mass is 16.4. The predicted molar refractivity (Wildman–Crippen MR) is 102 cm³/mol. The van der Waals surface area contributed by atoms with Crippen LogP contribution in [0.2, 0.25) is 0 Å². The van der Waals surface area contributed by atoms with Crippen molar-refractivity contribution in [3.05, 3.63) is 0 Å². The first-order chi connectivity index (χ1) is 12.3. The molecule has 0 saturated heterocycles. The molecule has 0 aromatic carbocycles. The number of carbonyl (C=O) groups excluding carboxylic acids is 3. The van der Waals surface area contributed by atoms with Crippen molar-refractivity contribution in [2.45, 2.75) is 78.6 Å². The second-order valence-corrected chi connectivity index (χ2v) is 7.74. The van der Waals surface area contributed by atoms with Crippen molar-refractivity contribution >= 4 is 23.7 Å². The van der Waals surface area contributed by atoms with Crippen LogP contribution >= 0.6 is 0 Å². The van der Waals surface area contributed by atoms with Crippen LogP contribution in [0, 0.1) is 11.8 Å². The highest BCUT2D eigenvalue weighted by Crippen LogP contribution is 2.07. The molecular formula is C18H34N4O5. The summed E-state index contributed by atoms with van der Waals surface area (Å²) in [7, 11) is 0. The fourth-order valence-corrected chi connectivity index (χ4v) is 2.38. The molecule has 0 saturated carbocycles. The number of nitrogens with two attached hydrogens (primary N) is 1. The number of aliphatic carboxylic acids is 1. The first kappa shape index (κ1) is 24.8. The van der Waals surface area contributed by atoms with Gasteiger partial charge < -0.3 is 26.8 Å². The van der Waals surface area contributed by atoms with Gasteiger partial charge in [0.05, 0.1) is 6.04 Å². The summed E-state index contributed by atoms with van der Waals surface area (Å²) in [6, 6.07) is -3.57. The number of rotatable bonds is 11. The number of carboxylic acids is 1. The van der Waals surface area contributed by atoms with Crippen molar-refractivity contribution < 1.29 is 24.3 Å². The fourth-order valence-electron chi connectivity index (χ4n) is 2.38. The first-order valence-corrected chi connectivity index (χ1v) is 9.24. The molecule has 0 aliphatic carbocycles. The average Bonchev–Trinajstić information content (AvgIpc) is 2.51. The monoisotopic (exact) mass is 386 g/mol. The molecule has 0 aromatic rings. The van der Waals surface area contributed by atoms with Gasteiger partial charge in [-0.05, 0) is 38.5 Å². The van der Waals surface area contributed by atoms with Crippen molar-refractivity contribution in [2.24, 2.45) is 17.6 Å². The molecule has 27 heavy (non-hydrogen) atoms. The summed E-state index contributed by atoms with van der Waals surface area (Å²) in [6.07, 6.45) is 0.659. The SMILES string of the molecule is CC(C)C[C@@H](NC(=O)[C@H](C)NC(=O)[C@@H](CC(C)C)NC(=O)[C@H](C)N)C(=O)O. The Balaban J connectivity index is 4.95. The largest absolute Gasteiger partial charge is 0.480 e. The van der Waals surface area contributed by atoms with Crippen molar-refractivity contribution in [2.75, 3.05) is 0 Å². The smallest absolute Gasteiger partial charge is 0.326 e. The van der Waals surface area contributed by atoms with E-state index in [9.17, 15) is 24.3 Å². The zero-order valence-corrected chi connectivity index (χ0v) is 17.0. The van der Waals surface area contributed by atoms with Crippen molar-refractivity contribution in [1.29, 1.82) is 0 Å². The van der Waals surface area contributed by atoms with Gasteiger partial charge in [0.2, 0.25) is 17.7 Å². The number of carbonyl (C=O) groups is 4. The fraction of sp³-hybridized carbons (Fsp3) is 0.778. The van der Waals surface area contributed by atoms with Gasteiger partial charge in [0.25, 0.3) is 0 Å². The lowest BCUT2D eigenvalue weighted by Crippen LogP contribution is -2.56. The van der Waals surface area contributed by atoms with Gasteiger partial charge in [-0.15, -0.1) is 0 Å². The summed E-state index contributed by atoms with van der Waals surface area (Å²) in [5.41, 5.74) is 5.52. The minimum atomic E-state index is -1.13. The molecule has 0 fully saturated rings. The maximum Gasteiger partial charge on any atom is 0.326 e. The molecule has 9 nitrogen and oxygen atoms in total. The molecule has 6 N–H and O–H groups in total. The molecule has 9 heteroatoms. The Hall–Kier alpha value is -2.16. The highest BCUT2D eigenvalue weighted by Gasteiger charge is 2.28. The molecule has 0 aliphatic heterocycles. The maximum atomic E-state index is 12.5. The molecule has 0 heterocycles. The average molecular weight is 386 g/mol. The summed E-state index contributed by atoms with van der Waals surface area (Å²) < 4.78 is 0. The summed E-state index contributed by atoms with van der Waals surface area (Å²) in [5.74, 6) is -2.50. The van der Waals surface area contributed by atoms with Crippen molar-refractivity contribution in [3.63, 3.8) is 0 Å². The molecular weight excluding hydrogens is 352 g/mol. The summed E-state index contributed by atoms with van der Waals surface area (Å²) in [4.78, 5) is 47.8. The second-order valence-electron chi connectivity index (χ2n) is 7.74. The van der Waals surface area contributed by atoms with E-state index in [1.54, 1.807) is 0 Å². The number of amides is 3. The van der Waals surface area contributed by atoms with E-state index < -0.39 is 47.9 Å². The zero-order chi connectivity index (χ0) is 21.3. The minimum absolute atomic E-state index is 0.0835. The summed E-state index contributed by atoms with van der Waals surface area (Å²) >= 11 is 0. The number of hydrogen-bond acceptors (Lipinski definition) is 5. The molecule has 0 rings (SSSR count). The molecule has 0 aromatic heterocycles. The first-order valence-electron chi connectivity index (χ1n) is 9.24. The lowest BCUT2D eigenvalue weighted by atomic mass is 10.0. The van der Waals surface area contributed by atoms with E-state index in [0.29, 0.717) is 6.42 Å². The molecule has 0 bridgehead atoms. The third-order valence-corrected chi connectivity index (χ3v) is 3.83. The van der Waals surface area contributed by atoms with Gasteiger partial charge >= 0.3 is 5.97 Å². The Morgan fingerprint density at radius 2 is 1.19 bits per heavy atom. The summed E-state index contributed by atoms with van der Waals surface area (Å²) in [5, 5.41) is 16.7. The van der Waals surface area contributed by atoms with Crippen LogP contribution in [0.1, 0.15) is 54.4 Å². The van der Waals surface area contributed by atoms with E-state index in [-0.39, 0.29) is 18.3 Å². The molecule has 156 valence electrons. The van der Waals surface area contributed by atoms with Gasteiger partial charge in [-0.25, -0.2) is 4.79 Å².